The van der Waals surface area contributed by atoms with Crippen molar-refractivity contribution in [2.75, 3.05) is 14.1 Å². The zero-order valence-corrected chi connectivity index (χ0v) is 10.0. The van der Waals surface area contributed by atoms with Crippen molar-refractivity contribution in [2.24, 2.45) is 0 Å². The molecule has 0 bridgehead atoms. The van der Waals surface area contributed by atoms with E-state index < -0.39 is 0 Å². The molecule has 0 fully saturated rings. The van der Waals surface area contributed by atoms with Gasteiger partial charge in [0.25, 0.3) is 0 Å². The van der Waals surface area contributed by atoms with Crippen LogP contribution in [0.1, 0.15) is 11.5 Å². The van der Waals surface area contributed by atoms with Gasteiger partial charge in [-0.1, -0.05) is 0 Å². The third-order valence-electron chi connectivity index (χ3n) is 1.54. The molecule has 68 valence electrons. The highest BCUT2D eigenvalue weighted by atomic mass is 127. The Morgan fingerprint density at radius 3 is 1.83 bits per heavy atom. The van der Waals surface area contributed by atoms with Crippen LogP contribution in [0.4, 0.5) is 0 Å². The zero-order valence-electron chi connectivity index (χ0n) is 7.89. The molecule has 0 spiro atoms. The summed E-state index contributed by atoms with van der Waals surface area (Å²) in [5.74, 6) is 1.91. The Morgan fingerprint density at radius 1 is 1.08 bits per heavy atom. The predicted molar refractivity (Wildman–Crippen MR) is 45.3 cm³/mol. The normalized spacial score (nSPS) is 9.00. The summed E-state index contributed by atoms with van der Waals surface area (Å²) in [5, 5.41) is 1.19. The predicted octanol–water partition coefficient (Wildman–Crippen LogP) is -2.07. The standard InChI is InChI=1S/C9H14NO.HI/c1-7-5-9(10(3)4)6-8(2)11-7;/h5-6H,1-4H3;1H/q+1;/p-1. The maximum absolute atomic E-state index is 5.34. The highest BCUT2D eigenvalue weighted by Gasteiger charge is 1.95. The minimum absolute atomic E-state index is 0. The van der Waals surface area contributed by atoms with Gasteiger partial charge in [0.1, 0.15) is 25.6 Å². The molecule has 12 heavy (non-hydrogen) atoms. The molecule has 0 radical (unpaired) electrons. The Balaban J connectivity index is 0.00000121. The molecular formula is C9H14INO. The van der Waals surface area contributed by atoms with E-state index in [1.807, 2.05) is 40.1 Å². The molecule has 0 aliphatic rings. The lowest BCUT2D eigenvalue weighted by Crippen LogP contribution is -3.00. The Hall–Kier alpha value is -0.320. The van der Waals surface area contributed by atoms with Crippen molar-refractivity contribution >= 4 is 0 Å². The summed E-state index contributed by atoms with van der Waals surface area (Å²) in [6, 6.07) is 4.04. The molecule has 2 nitrogen and oxygen atoms in total. The maximum Gasteiger partial charge on any atom is 0.206 e. The minimum Gasteiger partial charge on any atom is -1.00 e. The number of halogens is 1. The average Bonchev–Trinajstić information content (AvgIpc) is 1.85. The molecule has 0 saturated carbocycles. The molecule has 0 atom stereocenters. The van der Waals surface area contributed by atoms with Gasteiger partial charge in [0.2, 0.25) is 5.36 Å². The second-order valence-electron chi connectivity index (χ2n) is 2.93. The molecule has 0 aromatic carbocycles. The third-order valence-corrected chi connectivity index (χ3v) is 1.54. The fraction of sp³-hybridized carbons (Fsp3) is 0.444. The van der Waals surface area contributed by atoms with E-state index in [0.717, 1.165) is 11.5 Å². The SMILES string of the molecule is Cc1cc(=[N+](C)C)cc(C)o1.[I-]. The lowest BCUT2D eigenvalue weighted by molar-refractivity contribution is -0.00000333. The van der Waals surface area contributed by atoms with E-state index in [1.165, 1.54) is 5.36 Å². The van der Waals surface area contributed by atoms with Gasteiger partial charge in [-0.2, -0.15) is 0 Å². The average molecular weight is 279 g/mol. The monoisotopic (exact) mass is 279 g/mol. The number of hydrogen-bond donors (Lipinski definition) is 0. The fourth-order valence-corrected chi connectivity index (χ4v) is 1.03. The van der Waals surface area contributed by atoms with E-state index in [9.17, 15) is 0 Å². The molecular weight excluding hydrogens is 265 g/mol. The lowest BCUT2D eigenvalue weighted by Gasteiger charge is -1.94. The molecule has 1 aromatic rings. The van der Waals surface area contributed by atoms with Crippen LogP contribution in [-0.4, -0.2) is 14.1 Å². The highest BCUT2D eigenvalue weighted by molar-refractivity contribution is 5.02. The summed E-state index contributed by atoms with van der Waals surface area (Å²) < 4.78 is 7.41. The van der Waals surface area contributed by atoms with E-state index in [2.05, 4.69) is 4.58 Å². The van der Waals surface area contributed by atoms with Crippen LogP contribution in [0.25, 0.3) is 0 Å². The van der Waals surface area contributed by atoms with Crippen LogP contribution in [0.3, 0.4) is 0 Å². The highest BCUT2D eigenvalue weighted by Crippen LogP contribution is 1.96. The second-order valence-corrected chi connectivity index (χ2v) is 2.93. The van der Waals surface area contributed by atoms with Gasteiger partial charge in [0.15, 0.2) is 0 Å². The van der Waals surface area contributed by atoms with E-state index in [0.29, 0.717) is 0 Å². The summed E-state index contributed by atoms with van der Waals surface area (Å²) in [6.45, 7) is 3.92. The molecule has 0 N–H and O–H groups in total. The maximum atomic E-state index is 5.34. The summed E-state index contributed by atoms with van der Waals surface area (Å²) >= 11 is 0. The Morgan fingerprint density at radius 2 is 1.50 bits per heavy atom. The smallest absolute Gasteiger partial charge is 0.206 e. The Bertz CT molecular complexity index is 300. The summed E-state index contributed by atoms with van der Waals surface area (Å²) in [4.78, 5) is 0. The van der Waals surface area contributed by atoms with E-state index in [1.54, 1.807) is 0 Å². The fourth-order valence-electron chi connectivity index (χ4n) is 1.03. The van der Waals surface area contributed by atoms with Crippen molar-refractivity contribution < 1.29 is 28.4 Å². The summed E-state index contributed by atoms with van der Waals surface area (Å²) in [7, 11) is 4.04. The van der Waals surface area contributed by atoms with Crippen LogP contribution in [0, 0.1) is 13.8 Å². The number of hydrogen-bond acceptors (Lipinski definition) is 1. The van der Waals surface area contributed by atoms with Crippen LogP contribution in [0.2, 0.25) is 0 Å². The second kappa shape index (κ2) is 4.64. The van der Waals surface area contributed by atoms with E-state index in [-0.39, 0.29) is 24.0 Å². The summed E-state index contributed by atoms with van der Waals surface area (Å²) in [5.41, 5.74) is 0. The molecule has 0 unspecified atom stereocenters. The van der Waals surface area contributed by atoms with Gasteiger partial charge < -0.3 is 28.4 Å². The first-order valence-electron chi connectivity index (χ1n) is 3.68. The van der Waals surface area contributed by atoms with E-state index in [4.69, 9.17) is 4.42 Å². The van der Waals surface area contributed by atoms with Gasteiger partial charge in [0.05, 0.1) is 0 Å². The molecule has 0 amide bonds. The van der Waals surface area contributed by atoms with Gasteiger partial charge in [-0.05, 0) is 13.8 Å². The minimum atomic E-state index is 0. The molecule has 1 aromatic heterocycles. The van der Waals surface area contributed by atoms with Crippen molar-refractivity contribution in [3.8, 4) is 0 Å². The molecule has 1 rings (SSSR count). The van der Waals surface area contributed by atoms with Gasteiger partial charge in [0, 0.05) is 12.1 Å². The molecule has 0 aliphatic carbocycles. The van der Waals surface area contributed by atoms with Crippen LogP contribution >= 0.6 is 0 Å². The van der Waals surface area contributed by atoms with Crippen LogP contribution in [-0.2, 0) is 0 Å². The van der Waals surface area contributed by atoms with Crippen LogP contribution in [0.15, 0.2) is 16.5 Å². The van der Waals surface area contributed by atoms with Crippen molar-refractivity contribution in [2.45, 2.75) is 13.8 Å². The van der Waals surface area contributed by atoms with Gasteiger partial charge in [-0.25, -0.2) is 4.58 Å². The van der Waals surface area contributed by atoms with Gasteiger partial charge in [-0.15, -0.1) is 0 Å². The molecule has 3 heteroatoms. The first-order valence-corrected chi connectivity index (χ1v) is 3.68. The first kappa shape index (κ1) is 11.7. The largest absolute Gasteiger partial charge is 1.00 e. The van der Waals surface area contributed by atoms with Crippen LogP contribution < -0.4 is 33.9 Å². The number of rotatable bonds is 0. The molecule has 1 heterocycles. The van der Waals surface area contributed by atoms with Crippen LogP contribution in [0.5, 0.6) is 0 Å². The lowest BCUT2D eigenvalue weighted by atomic mass is 10.3. The van der Waals surface area contributed by atoms with E-state index >= 15 is 0 Å². The molecule has 0 saturated heterocycles. The molecule has 0 aliphatic heterocycles. The van der Waals surface area contributed by atoms with Crippen molar-refractivity contribution in [1.82, 2.24) is 4.58 Å². The number of aryl methyl sites for hydroxylation is 2. The van der Waals surface area contributed by atoms with Crippen molar-refractivity contribution in [3.05, 3.63) is 29.0 Å². The Kier molecular flexibility index (Phi) is 4.52. The van der Waals surface area contributed by atoms with Gasteiger partial charge >= 0.3 is 0 Å². The topological polar surface area (TPSA) is 16.1 Å². The quantitative estimate of drug-likeness (QED) is 0.394. The van der Waals surface area contributed by atoms with Gasteiger partial charge in [-0.3, -0.25) is 0 Å². The van der Waals surface area contributed by atoms with Crippen molar-refractivity contribution in [3.63, 3.8) is 0 Å². The summed E-state index contributed by atoms with van der Waals surface area (Å²) in [6.07, 6.45) is 0. The third kappa shape index (κ3) is 2.97. The Labute approximate surface area is 89.9 Å². The zero-order chi connectivity index (χ0) is 8.43. The first-order chi connectivity index (χ1) is 5.09. The van der Waals surface area contributed by atoms with Crippen molar-refractivity contribution in [1.29, 1.82) is 0 Å². The number of nitrogens with zero attached hydrogens (tertiary/aromatic N) is 1.